The number of nitrogens with zero attached hydrogens (tertiary/aromatic N) is 1. The fraction of sp³-hybridized carbons (Fsp3) is 0.667. The first-order valence-electron chi connectivity index (χ1n) is 8.26. The van der Waals surface area contributed by atoms with E-state index in [0.717, 1.165) is 24.6 Å². The standard InChI is InChI=1S/C18H30N2O/c1-4-16(19)18(15-11-7-8-12-17(15)21-3)20(2)13-14-9-5-6-10-14/h7-8,11-12,14,16,18H,4-6,9-10,13,19H2,1-3H3. The molecule has 2 unspecified atom stereocenters. The summed E-state index contributed by atoms with van der Waals surface area (Å²) in [6, 6.07) is 8.66. The second kappa shape index (κ2) is 7.81. The molecule has 1 aromatic rings. The van der Waals surface area contributed by atoms with Gasteiger partial charge in [-0.1, -0.05) is 38.0 Å². The Hall–Kier alpha value is -1.06. The molecule has 118 valence electrons. The maximum Gasteiger partial charge on any atom is 0.123 e. The van der Waals surface area contributed by atoms with Crippen LogP contribution < -0.4 is 10.5 Å². The number of hydrogen-bond donors (Lipinski definition) is 1. The van der Waals surface area contributed by atoms with E-state index in [0.29, 0.717) is 0 Å². The summed E-state index contributed by atoms with van der Waals surface area (Å²) < 4.78 is 5.56. The molecule has 0 bridgehead atoms. The van der Waals surface area contributed by atoms with E-state index in [9.17, 15) is 0 Å². The van der Waals surface area contributed by atoms with Gasteiger partial charge in [-0.25, -0.2) is 0 Å². The Morgan fingerprint density at radius 3 is 2.57 bits per heavy atom. The third kappa shape index (κ3) is 3.98. The molecule has 2 N–H and O–H groups in total. The lowest BCUT2D eigenvalue weighted by Crippen LogP contribution is -2.40. The van der Waals surface area contributed by atoms with Crippen molar-refractivity contribution in [2.24, 2.45) is 11.7 Å². The third-order valence-electron chi connectivity index (χ3n) is 4.83. The van der Waals surface area contributed by atoms with Crippen molar-refractivity contribution in [3.05, 3.63) is 29.8 Å². The average Bonchev–Trinajstić information content (AvgIpc) is 3.00. The van der Waals surface area contributed by atoms with Crippen molar-refractivity contribution >= 4 is 0 Å². The Labute approximate surface area is 129 Å². The van der Waals surface area contributed by atoms with Gasteiger partial charge in [0.05, 0.1) is 13.2 Å². The summed E-state index contributed by atoms with van der Waals surface area (Å²) in [5, 5.41) is 0. The minimum Gasteiger partial charge on any atom is -0.496 e. The number of methoxy groups -OCH3 is 1. The van der Waals surface area contributed by atoms with Gasteiger partial charge in [-0.3, -0.25) is 4.90 Å². The lowest BCUT2D eigenvalue weighted by Gasteiger charge is -2.35. The molecule has 0 radical (unpaired) electrons. The molecule has 1 aliphatic rings. The largest absolute Gasteiger partial charge is 0.496 e. The summed E-state index contributed by atoms with van der Waals surface area (Å²) >= 11 is 0. The zero-order valence-corrected chi connectivity index (χ0v) is 13.7. The Bertz CT molecular complexity index is 429. The van der Waals surface area contributed by atoms with Crippen LogP contribution in [0.5, 0.6) is 5.75 Å². The normalized spacial score (nSPS) is 18.9. The molecule has 1 fully saturated rings. The van der Waals surface area contributed by atoms with Crippen LogP contribution in [-0.4, -0.2) is 31.6 Å². The molecule has 1 aliphatic carbocycles. The Kier molecular flexibility index (Phi) is 6.07. The van der Waals surface area contributed by atoms with Crippen molar-refractivity contribution in [3.63, 3.8) is 0 Å². The number of ether oxygens (including phenoxy) is 1. The number of para-hydroxylation sites is 1. The van der Waals surface area contributed by atoms with Gasteiger partial charge in [0.25, 0.3) is 0 Å². The molecule has 3 heteroatoms. The first-order valence-corrected chi connectivity index (χ1v) is 8.26. The van der Waals surface area contributed by atoms with Crippen LogP contribution in [0, 0.1) is 5.92 Å². The molecule has 2 atom stereocenters. The van der Waals surface area contributed by atoms with Crippen LogP contribution in [0.2, 0.25) is 0 Å². The lowest BCUT2D eigenvalue weighted by atomic mass is 9.94. The molecule has 1 saturated carbocycles. The van der Waals surface area contributed by atoms with Crippen LogP contribution in [0.15, 0.2) is 24.3 Å². The number of hydrogen-bond acceptors (Lipinski definition) is 3. The minimum atomic E-state index is 0.132. The maximum atomic E-state index is 6.45. The summed E-state index contributed by atoms with van der Waals surface area (Å²) in [6.45, 7) is 3.30. The highest BCUT2D eigenvalue weighted by Crippen LogP contribution is 2.34. The monoisotopic (exact) mass is 290 g/mol. The fourth-order valence-corrected chi connectivity index (χ4v) is 3.64. The van der Waals surface area contributed by atoms with Crippen LogP contribution in [0.25, 0.3) is 0 Å². The van der Waals surface area contributed by atoms with Crippen LogP contribution in [-0.2, 0) is 0 Å². The highest BCUT2D eigenvalue weighted by atomic mass is 16.5. The number of benzene rings is 1. The van der Waals surface area contributed by atoms with E-state index in [1.54, 1.807) is 7.11 Å². The first kappa shape index (κ1) is 16.3. The predicted molar refractivity (Wildman–Crippen MR) is 88.6 cm³/mol. The van der Waals surface area contributed by atoms with Gasteiger partial charge in [0.1, 0.15) is 5.75 Å². The molecule has 3 nitrogen and oxygen atoms in total. The summed E-state index contributed by atoms with van der Waals surface area (Å²) in [4.78, 5) is 2.45. The summed E-state index contributed by atoms with van der Waals surface area (Å²) in [5.74, 6) is 1.78. The zero-order chi connectivity index (χ0) is 15.2. The summed E-state index contributed by atoms with van der Waals surface area (Å²) in [7, 11) is 3.95. The molecule has 0 aliphatic heterocycles. The van der Waals surface area contributed by atoms with E-state index in [4.69, 9.17) is 10.5 Å². The smallest absolute Gasteiger partial charge is 0.123 e. The average molecular weight is 290 g/mol. The Balaban J connectivity index is 2.20. The van der Waals surface area contributed by atoms with Gasteiger partial charge < -0.3 is 10.5 Å². The predicted octanol–water partition coefficient (Wildman–Crippen LogP) is 3.60. The van der Waals surface area contributed by atoms with E-state index in [-0.39, 0.29) is 12.1 Å². The molecular weight excluding hydrogens is 260 g/mol. The maximum absolute atomic E-state index is 6.45. The molecule has 21 heavy (non-hydrogen) atoms. The van der Waals surface area contributed by atoms with Gasteiger partial charge in [0.15, 0.2) is 0 Å². The van der Waals surface area contributed by atoms with Gasteiger partial charge in [-0.05, 0) is 38.3 Å². The zero-order valence-electron chi connectivity index (χ0n) is 13.7. The van der Waals surface area contributed by atoms with Crippen molar-refractivity contribution < 1.29 is 4.74 Å². The molecule has 1 aromatic carbocycles. The summed E-state index contributed by atoms with van der Waals surface area (Å²) in [5.41, 5.74) is 7.67. The van der Waals surface area contributed by atoms with E-state index in [1.807, 2.05) is 12.1 Å². The fourth-order valence-electron chi connectivity index (χ4n) is 3.64. The molecule has 0 aromatic heterocycles. The first-order chi connectivity index (χ1) is 10.2. The van der Waals surface area contributed by atoms with Gasteiger partial charge >= 0.3 is 0 Å². The van der Waals surface area contributed by atoms with E-state index < -0.39 is 0 Å². The number of rotatable bonds is 7. The van der Waals surface area contributed by atoms with Gasteiger partial charge in [0, 0.05) is 18.2 Å². The quantitative estimate of drug-likeness (QED) is 0.834. The molecule has 2 rings (SSSR count). The van der Waals surface area contributed by atoms with E-state index in [1.165, 1.54) is 31.2 Å². The van der Waals surface area contributed by atoms with E-state index >= 15 is 0 Å². The van der Waals surface area contributed by atoms with Gasteiger partial charge in [-0.15, -0.1) is 0 Å². The number of nitrogens with two attached hydrogens (primary N) is 1. The topological polar surface area (TPSA) is 38.5 Å². The van der Waals surface area contributed by atoms with Gasteiger partial charge in [-0.2, -0.15) is 0 Å². The highest BCUT2D eigenvalue weighted by Gasteiger charge is 2.28. The van der Waals surface area contributed by atoms with Crippen molar-refractivity contribution in [2.75, 3.05) is 20.7 Å². The molecule has 0 spiro atoms. The third-order valence-corrected chi connectivity index (χ3v) is 4.83. The SMILES string of the molecule is CCC(N)C(c1ccccc1OC)N(C)CC1CCCC1. The molecule has 0 heterocycles. The lowest BCUT2D eigenvalue weighted by molar-refractivity contribution is 0.177. The van der Waals surface area contributed by atoms with Crippen LogP contribution >= 0.6 is 0 Å². The molecule has 0 saturated heterocycles. The Morgan fingerprint density at radius 1 is 1.29 bits per heavy atom. The highest BCUT2D eigenvalue weighted by molar-refractivity contribution is 5.36. The summed E-state index contributed by atoms with van der Waals surface area (Å²) in [6.07, 6.45) is 6.47. The van der Waals surface area contributed by atoms with Crippen molar-refractivity contribution in [1.82, 2.24) is 4.90 Å². The minimum absolute atomic E-state index is 0.132. The number of likely N-dealkylation sites (N-methyl/N-ethyl adjacent to an activating group) is 1. The molecule has 0 amide bonds. The van der Waals surface area contributed by atoms with Crippen molar-refractivity contribution in [1.29, 1.82) is 0 Å². The second-order valence-electron chi connectivity index (χ2n) is 6.35. The van der Waals surface area contributed by atoms with Crippen LogP contribution in [0.4, 0.5) is 0 Å². The Morgan fingerprint density at radius 2 is 1.95 bits per heavy atom. The van der Waals surface area contributed by atoms with Crippen LogP contribution in [0.3, 0.4) is 0 Å². The van der Waals surface area contributed by atoms with E-state index in [2.05, 4.69) is 31.0 Å². The molecular formula is C18H30N2O. The van der Waals surface area contributed by atoms with Gasteiger partial charge in [0.2, 0.25) is 0 Å². The van der Waals surface area contributed by atoms with Crippen molar-refractivity contribution in [2.45, 2.75) is 51.1 Å². The second-order valence-corrected chi connectivity index (χ2v) is 6.35. The van der Waals surface area contributed by atoms with Crippen molar-refractivity contribution in [3.8, 4) is 5.75 Å². The van der Waals surface area contributed by atoms with Crippen LogP contribution in [0.1, 0.15) is 50.6 Å².